The molecule has 1 heterocycles. The van der Waals surface area contributed by atoms with Crippen LogP contribution in [0.1, 0.15) is 31.2 Å². The molecule has 1 amide bonds. The van der Waals surface area contributed by atoms with E-state index < -0.39 is 16.2 Å². The average molecular weight is 531 g/mol. The van der Waals surface area contributed by atoms with Crippen LogP contribution >= 0.6 is 23.2 Å². The number of nitrogens with zero attached hydrogens (tertiary/aromatic N) is 1. The first-order valence-electron chi connectivity index (χ1n) is 10.4. The van der Waals surface area contributed by atoms with Crippen LogP contribution < -0.4 is 5.32 Å². The summed E-state index contributed by atoms with van der Waals surface area (Å²) in [5.74, 6) is -1.25. The molecule has 2 N–H and O–H groups in total. The van der Waals surface area contributed by atoms with Gasteiger partial charge in [0.2, 0.25) is 0 Å². The molecule has 5 nitrogen and oxygen atoms in total. The number of hydrogen-bond donors (Lipinski definition) is 2. The SMILES string of the molecule is O=C(O)C(Cc1ccc2nc(-c3c(Cl)cccc3Cl)ccc2c1)NC(=O)C1([As])CCCC1. The molecule has 1 aliphatic rings. The number of carbonyl (C=O) groups excluding carboxylic acids is 1. The molecule has 1 atom stereocenters. The number of benzene rings is 2. The van der Waals surface area contributed by atoms with Crippen LogP contribution in [0.25, 0.3) is 22.2 Å². The molecular weight excluding hydrogens is 510 g/mol. The monoisotopic (exact) mass is 530 g/mol. The molecule has 1 aromatic heterocycles. The van der Waals surface area contributed by atoms with E-state index in [4.69, 9.17) is 23.2 Å². The van der Waals surface area contributed by atoms with Crippen LogP contribution in [-0.2, 0) is 16.0 Å². The zero-order chi connectivity index (χ0) is 22.9. The van der Waals surface area contributed by atoms with Gasteiger partial charge < -0.3 is 0 Å². The van der Waals surface area contributed by atoms with Crippen molar-refractivity contribution in [2.45, 2.75) is 42.3 Å². The molecule has 32 heavy (non-hydrogen) atoms. The third kappa shape index (κ3) is 4.80. The van der Waals surface area contributed by atoms with Crippen molar-refractivity contribution < 1.29 is 14.7 Å². The number of nitrogens with one attached hydrogen (secondary N) is 1. The summed E-state index contributed by atoms with van der Waals surface area (Å²) in [6.45, 7) is 0. The van der Waals surface area contributed by atoms with Gasteiger partial charge in [0.15, 0.2) is 0 Å². The first-order valence-corrected chi connectivity index (χ1v) is 12.1. The summed E-state index contributed by atoms with van der Waals surface area (Å²) in [6.07, 6.45) is 3.70. The van der Waals surface area contributed by atoms with Gasteiger partial charge in [0, 0.05) is 0 Å². The van der Waals surface area contributed by atoms with Crippen molar-refractivity contribution in [1.29, 1.82) is 0 Å². The Bertz CT molecular complexity index is 1170. The Kier molecular flexibility index (Phi) is 6.80. The first kappa shape index (κ1) is 23.1. The van der Waals surface area contributed by atoms with Crippen LogP contribution in [0, 0.1) is 0 Å². The van der Waals surface area contributed by atoms with Crippen LogP contribution in [-0.4, -0.2) is 44.9 Å². The van der Waals surface area contributed by atoms with E-state index in [1.165, 1.54) is 0 Å². The predicted molar refractivity (Wildman–Crippen MR) is 127 cm³/mol. The molecule has 1 aliphatic carbocycles. The molecule has 3 aromatic rings. The molecule has 0 bridgehead atoms. The van der Waals surface area contributed by atoms with E-state index in [0.29, 0.717) is 21.3 Å². The quantitative estimate of drug-likeness (QED) is 0.428. The fraction of sp³-hybridized carbons (Fsp3) is 0.292. The van der Waals surface area contributed by atoms with Gasteiger partial charge in [0.25, 0.3) is 0 Å². The number of halogens is 2. The van der Waals surface area contributed by atoms with Crippen molar-refractivity contribution in [3.8, 4) is 11.3 Å². The Balaban J connectivity index is 1.56. The van der Waals surface area contributed by atoms with Crippen molar-refractivity contribution in [1.82, 2.24) is 10.3 Å². The summed E-state index contributed by atoms with van der Waals surface area (Å²) >= 11 is 15.1. The van der Waals surface area contributed by atoms with E-state index in [1.54, 1.807) is 18.2 Å². The van der Waals surface area contributed by atoms with E-state index in [9.17, 15) is 14.7 Å². The molecular formula is C24H21AsCl2N2O3. The number of amides is 1. The molecule has 1 fully saturated rings. The number of hydrogen-bond acceptors (Lipinski definition) is 3. The van der Waals surface area contributed by atoms with Crippen LogP contribution in [0.3, 0.4) is 0 Å². The van der Waals surface area contributed by atoms with Crippen LogP contribution in [0.15, 0.2) is 48.5 Å². The van der Waals surface area contributed by atoms with E-state index in [-0.39, 0.29) is 12.3 Å². The third-order valence-electron chi connectivity index (χ3n) is 5.87. The molecule has 4 rings (SSSR count). The Hall–Kier alpha value is -2.07. The number of carboxylic acids is 1. The second kappa shape index (κ2) is 9.43. The number of rotatable bonds is 6. The maximum atomic E-state index is 12.7. The van der Waals surface area contributed by atoms with Gasteiger partial charge in [-0.2, -0.15) is 0 Å². The first-order chi connectivity index (χ1) is 15.3. The Morgan fingerprint density at radius 1 is 1.09 bits per heavy atom. The average Bonchev–Trinajstić information content (AvgIpc) is 3.21. The minimum absolute atomic E-state index is 0.193. The Morgan fingerprint density at radius 2 is 1.78 bits per heavy atom. The molecule has 2 aromatic carbocycles. The van der Waals surface area contributed by atoms with Crippen molar-refractivity contribution >= 4 is 62.8 Å². The van der Waals surface area contributed by atoms with E-state index >= 15 is 0 Å². The molecule has 0 spiro atoms. The zero-order valence-electron chi connectivity index (χ0n) is 17.1. The second-order valence-electron chi connectivity index (χ2n) is 8.13. The minimum atomic E-state index is -1.05. The fourth-order valence-corrected chi connectivity index (χ4v) is 5.49. The number of carboxylic acid groups (broad SMARTS) is 1. The van der Waals surface area contributed by atoms with Crippen molar-refractivity contribution in [3.63, 3.8) is 0 Å². The van der Waals surface area contributed by atoms with Crippen molar-refractivity contribution in [2.24, 2.45) is 0 Å². The summed E-state index contributed by atoms with van der Waals surface area (Å²) in [7, 11) is 0. The van der Waals surface area contributed by atoms with Gasteiger partial charge in [-0.15, -0.1) is 0 Å². The molecule has 8 heteroatoms. The molecule has 2 radical (unpaired) electrons. The summed E-state index contributed by atoms with van der Waals surface area (Å²) in [6, 6.07) is 13.7. The predicted octanol–water partition coefficient (Wildman–Crippen LogP) is 5.22. The summed E-state index contributed by atoms with van der Waals surface area (Å²) in [5.41, 5.74) is 2.89. The van der Waals surface area contributed by atoms with Gasteiger partial charge in [-0.3, -0.25) is 0 Å². The van der Waals surface area contributed by atoms with Gasteiger partial charge in [-0.05, 0) is 12.1 Å². The second-order valence-corrected chi connectivity index (χ2v) is 10.7. The summed E-state index contributed by atoms with van der Waals surface area (Å²) in [5, 5.41) is 14.3. The van der Waals surface area contributed by atoms with Crippen molar-refractivity contribution in [3.05, 3.63) is 64.1 Å². The van der Waals surface area contributed by atoms with Gasteiger partial charge in [-0.25, -0.2) is 0 Å². The topological polar surface area (TPSA) is 79.3 Å². The zero-order valence-corrected chi connectivity index (χ0v) is 20.5. The Labute approximate surface area is 205 Å². The molecule has 0 aliphatic heterocycles. The number of aliphatic carboxylic acids is 1. The standard InChI is InChI=1S/C24H21AsCl2N2O3/c25-24(10-1-2-11-24)23(32)29-20(22(30)31)13-14-6-8-18-15(12-14)7-9-19(28-18)21-16(26)4-3-5-17(21)27/h3-9,12,20H,1-2,10-11,13H2,(H,29,32)(H,30,31). The van der Waals surface area contributed by atoms with E-state index in [0.717, 1.165) is 42.1 Å². The molecule has 1 saturated carbocycles. The van der Waals surface area contributed by atoms with Crippen LogP contribution in [0.5, 0.6) is 0 Å². The summed E-state index contributed by atoms with van der Waals surface area (Å²) < 4.78 is -0.537. The van der Waals surface area contributed by atoms with Crippen molar-refractivity contribution in [2.75, 3.05) is 0 Å². The van der Waals surface area contributed by atoms with Gasteiger partial charge in [0.1, 0.15) is 0 Å². The van der Waals surface area contributed by atoms with E-state index in [1.807, 2.05) is 30.3 Å². The third-order valence-corrected chi connectivity index (χ3v) is 7.86. The number of pyridine rings is 1. The molecule has 0 saturated heterocycles. The number of aromatic nitrogens is 1. The van der Waals surface area contributed by atoms with Gasteiger partial charge in [-0.1, -0.05) is 29.3 Å². The molecule has 1 unspecified atom stereocenters. The normalized spacial score (nSPS) is 16.1. The van der Waals surface area contributed by atoms with Gasteiger partial charge in [0.05, 0.1) is 10.0 Å². The van der Waals surface area contributed by atoms with Crippen LogP contribution in [0.2, 0.25) is 14.2 Å². The molecule has 164 valence electrons. The maximum absolute atomic E-state index is 12.7. The summed E-state index contributed by atoms with van der Waals surface area (Å²) in [4.78, 5) is 29.2. The fourth-order valence-electron chi connectivity index (χ4n) is 4.10. The Morgan fingerprint density at radius 3 is 2.44 bits per heavy atom. The number of fused-ring (bicyclic) bond motifs is 1. The van der Waals surface area contributed by atoms with E-state index in [2.05, 4.69) is 27.2 Å². The van der Waals surface area contributed by atoms with Crippen LogP contribution in [0.4, 0.5) is 0 Å². The number of carbonyl (C=O) groups is 2. The van der Waals surface area contributed by atoms with Gasteiger partial charge >= 0.3 is 154 Å².